The average molecular weight is 322 g/mol. The first kappa shape index (κ1) is 15.8. The zero-order chi connectivity index (χ0) is 17.1. The number of fused-ring (bicyclic) bond motifs is 1. The fourth-order valence-electron chi connectivity index (χ4n) is 2.54. The molecule has 0 saturated carbocycles. The number of aromatic amines is 1. The maximum atomic E-state index is 12.5. The number of esters is 1. The second kappa shape index (κ2) is 6.58. The van der Waals surface area contributed by atoms with Gasteiger partial charge in [-0.15, -0.1) is 0 Å². The van der Waals surface area contributed by atoms with Crippen LogP contribution in [0, 0.1) is 6.92 Å². The first-order chi connectivity index (χ1) is 11.6. The molecule has 0 atom stereocenters. The van der Waals surface area contributed by atoms with E-state index in [1.54, 1.807) is 37.3 Å². The SMILES string of the molecule is CCOC(=O)c1ccccc1NC(=O)c1cc2cc(C)ccc2[nH]1. The third-order valence-corrected chi connectivity index (χ3v) is 3.69. The van der Waals surface area contributed by atoms with Gasteiger partial charge in [0.15, 0.2) is 0 Å². The fraction of sp³-hybridized carbons (Fsp3) is 0.158. The van der Waals surface area contributed by atoms with Gasteiger partial charge >= 0.3 is 5.97 Å². The van der Waals surface area contributed by atoms with E-state index in [0.717, 1.165) is 16.5 Å². The van der Waals surface area contributed by atoms with Gasteiger partial charge in [-0.2, -0.15) is 0 Å². The molecule has 0 spiro atoms. The monoisotopic (exact) mass is 322 g/mol. The summed E-state index contributed by atoms with van der Waals surface area (Å²) in [5, 5.41) is 3.74. The summed E-state index contributed by atoms with van der Waals surface area (Å²) in [5.41, 5.74) is 3.22. The van der Waals surface area contributed by atoms with Crippen LogP contribution < -0.4 is 5.32 Å². The van der Waals surface area contributed by atoms with E-state index in [1.165, 1.54) is 0 Å². The Morgan fingerprint density at radius 1 is 1.12 bits per heavy atom. The number of aryl methyl sites for hydroxylation is 1. The summed E-state index contributed by atoms with van der Waals surface area (Å²) < 4.78 is 5.02. The Morgan fingerprint density at radius 3 is 2.71 bits per heavy atom. The number of rotatable bonds is 4. The van der Waals surface area contributed by atoms with Crippen LogP contribution in [0.25, 0.3) is 10.9 Å². The van der Waals surface area contributed by atoms with Crippen molar-refractivity contribution in [3.05, 3.63) is 65.4 Å². The Morgan fingerprint density at radius 2 is 1.92 bits per heavy atom. The molecule has 0 aliphatic rings. The van der Waals surface area contributed by atoms with E-state index in [4.69, 9.17) is 4.74 Å². The molecule has 5 nitrogen and oxygen atoms in total. The first-order valence-electron chi connectivity index (χ1n) is 7.75. The summed E-state index contributed by atoms with van der Waals surface area (Å²) in [6.45, 7) is 4.02. The number of amides is 1. The molecule has 0 saturated heterocycles. The number of ether oxygens (including phenoxy) is 1. The smallest absolute Gasteiger partial charge is 0.340 e. The second-order valence-electron chi connectivity index (χ2n) is 5.49. The minimum atomic E-state index is -0.458. The van der Waals surface area contributed by atoms with E-state index in [1.807, 2.05) is 25.1 Å². The van der Waals surface area contributed by atoms with Gasteiger partial charge in [-0.05, 0) is 44.2 Å². The van der Waals surface area contributed by atoms with Crippen molar-refractivity contribution in [2.45, 2.75) is 13.8 Å². The number of para-hydroxylation sites is 1. The van der Waals surface area contributed by atoms with Gasteiger partial charge in [-0.25, -0.2) is 4.79 Å². The van der Waals surface area contributed by atoms with Gasteiger partial charge in [0.25, 0.3) is 5.91 Å². The Kier molecular flexibility index (Phi) is 4.33. The molecular weight excluding hydrogens is 304 g/mol. The van der Waals surface area contributed by atoms with Gasteiger partial charge in [0.1, 0.15) is 5.69 Å². The number of hydrogen-bond acceptors (Lipinski definition) is 3. The highest BCUT2D eigenvalue weighted by Gasteiger charge is 2.16. The Hall–Kier alpha value is -3.08. The molecule has 24 heavy (non-hydrogen) atoms. The van der Waals surface area contributed by atoms with E-state index in [9.17, 15) is 9.59 Å². The molecule has 3 aromatic rings. The fourth-order valence-corrected chi connectivity index (χ4v) is 2.54. The third-order valence-electron chi connectivity index (χ3n) is 3.69. The molecule has 0 fully saturated rings. The summed E-state index contributed by atoms with van der Waals surface area (Å²) in [4.78, 5) is 27.6. The topological polar surface area (TPSA) is 71.2 Å². The van der Waals surface area contributed by atoms with Crippen molar-refractivity contribution in [1.29, 1.82) is 0 Å². The van der Waals surface area contributed by atoms with Gasteiger partial charge in [-0.1, -0.05) is 23.8 Å². The quantitative estimate of drug-likeness (QED) is 0.716. The number of anilines is 1. The van der Waals surface area contributed by atoms with Gasteiger partial charge in [0.05, 0.1) is 17.9 Å². The molecule has 3 rings (SSSR count). The van der Waals surface area contributed by atoms with Crippen LogP contribution in [0.4, 0.5) is 5.69 Å². The van der Waals surface area contributed by atoms with Crippen LogP contribution in [0.1, 0.15) is 33.3 Å². The lowest BCUT2D eigenvalue weighted by molar-refractivity contribution is 0.0527. The summed E-state index contributed by atoms with van der Waals surface area (Å²) in [6.07, 6.45) is 0. The van der Waals surface area contributed by atoms with E-state index in [-0.39, 0.29) is 12.5 Å². The van der Waals surface area contributed by atoms with Crippen molar-refractivity contribution in [2.75, 3.05) is 11.9 Å². The van der Waals surface area contributed by atoms with Crippen molar-refractivity contribution >= 4 is 28.5 Å². The predicted molar refractivity (Wildman–Crippen MR) is 93.4 cm³/mol. The van der Waals surface area contributed by atoms with Crippen molar-refractivity contribution < 1.29 is 14.3 Å². The summed E-state index contributed by atoms with van der Waals surface area (Å²) in [5.74, 6) is -0.763. The largest absolute Gasteiger partial charge is 0.462 e. The van der Waals surface area contributed by atoms with E-state index in [2.05, 4.69) is 10.3 Å². The molecule has 122 valence electrons. The van der Waals surface area contributed by atoms with E-state index >= 15 is 0 Å². The number of nitrogens with one attached hydrogen (secondary N) is 2. The normalized spacial score (nSPS) is 10.6. The average Bonchev–Trinajstić information content (AvgIpc) is 2.98. The van der Waals surface area contributed by atoms with Crippen molar-refractivity contribution in [2.24, 2.45) is 0 Å². The molecule has 0 aliphatic carbocycles. The Labute approximate surface area is 139 Å². The maximum Gasteiger partial charge on any atom is 0.340 e. The number of aromatic nitrogens is 1. The van der Waals surface area contributed by atoms with Crippen molar-refractivity contribution in [1.82, 2.24) is 4.98 Å². The van der Waals surface area contributed by atoms with E-state index < -0.39 is 5.97 Å². The number of carbonyl (C=O) groups excluding carboxylic acids is 2. The van der Waals surface area contributed by atoms with Crippen LogP contribution in [-0.2, 0) is 4.74 Å². The lowest BCUT2D eigenvalue weighted by atomic mass is 10.1. The highest BCUT2D eigenvalue weighted by Crippen LogP contribution is 2.20. The predicted octanol–water partition coefficient (Wildman–Crippen LogP) is 3.91. The van der Waals surface area contributed by atoms with Gasteiger partial charge in [0.2, 0.25) is 0 Å². The summed E-state index contributed by atoms with van der Waals surface area (Å²) in [6, 6.07) is 14.5. The third kappa shape index (κ3) is 3.15. The number of benzene rings is 2. The highest BCUT2D eigenvalue weighted by atomic mass is 16.5. The molecule has 0 bridgehead atoms. The zero-order valence-corrected chi connectivity index (χ0v) is 13.6. The Balaban J connectivity index is 1.87. The maximum absolute atomic E-state index is 12.5. The first-order valence-corrected chi connectivity index (χ1v) is 7.75. The second-order valence-corrected chi connectivity index (χ2v) is 5.49. The lowest BCUT2D eigenvalue weighted by Gasteiger charge is -2.09. The summed E-state index contributed by atoms with van der Waals surface area (Å²) in [7, 11) is 0. The van der Waals surface area contributed by atoms with Crippen LogP contribution in [0.5, 0.6) is 0 Å². The van der Waals surface area contributed by atoms with Crippen LogP contribution in [0.15, 0.2) is 48.5 Å². The highest BCUT2D eigenvalue weighted by molar-refractivity contribution is 6.09. The van der Waals surface area contributed by atoms with Crippen molar-refractivity contribution in [3.8, 4) is 0 Å². The minimum Gasteiger partial charge on any atom is -0.462 e. The molecule has 0 radical (unpaired) electrons. The standard InChI is InChI=1S/C19H18N2O3/c1-3-24-19(23)14-6-4-5-7-16(14)21-18(22)17-11-13-10-12(2)8-9-15(13)20-17/h4-11,20H,3H2,1-2H3,(H,21,22). The number of H-pyrrole nitrogens is 1. The lowest BCUT2D eigenvalue weighted by Crippen LogP contribution is -2.16. The van der Waals surface area contributed by atoms with E-state index in [0.29, 0.717) is 16.9 Å². The Bertz CT molecular complexity index is 912. The van der Waals surface area contributed by atoms with Gasteiger partial charge in [-0.3, -0.25) is 4.79 Å². The number of carbonyl (C=O) groups is 2. The molecule has 1 heterocycles. The molecule has 1 amide bonds. The molecule has 2 N–H and O–H groups in total. The molecule has 1 aromatic heterocycles. The van der Waals surface area contributed by atoms with Crippen LogP contribution in [0.2, 0.25) is 0 Å². The van der Waals surface area contributed by atoms with Crippen molar-refractivity contribution in [3.63, 3.8) is 0 Å². The number of hydrogen-bond donors (Lipinski definition) is 2. The van der Waals surface area contributed by atoms with Gasteiger partial charge in [0, 0.05) is 10.9 Å². The summed E-state index contributed by atoms with van der Waals surface area (Å²) >= 11 is 0. The van der Waals surface area contributed by atoms with Gasteiger partial charge < -0.3 is 15.0 Å². The van der Waals surface area contributed by atoms with Crippen LogP contribution in [-0.4, -0.2) is 23.5 Å². The molecule has 2 aromatic carbocycles. The molecule has 5 heteroatoms. The zero-order valence-electron chi connectivity index (χ0n) is 13.6. The van der Waals surface area contributed by atoms with Crippen LogP contribution >= 0.6 is 0 Å². The minimum absolute atomic E-state index is 0.280. The molecular formula is C19H18N2O3. The van der Waals surface area contributed by atoms with Crippen LogP contribution in [0.3, 0.4) is 0 Å². The molecule has 0 aliphatic heterocycles. The molecule has 0 unspecified atom stereocenters.